The molecule has 1 aromatic heterocycles. The van der Waals surface area contributed by atoms with Gasteiger partial charge < -0.3 is 9.67 Å². The number of ketones is 1. The number of rotatable bonds is 4. The number of carbonyl (C=O) groups excluding carboxylic acids is 1. The molecule has 5 nitrogen and oxygen atoms in total. The molecular formula is C17H13ClN2O3. The first-order valence-electron chi connectivity index (χ1n) is 6.94. The van der Waals surface area contributed by atoms with Gasteiger partial charge in [0.05, 0.1) is 11.0 Å². The zero-order valence-corrected chi connectivity index (χ0v) is 13.0. The van der Waals surface area contributed by atoms with Crippen molar-refractivity contribution in [1.29, 1.82) is 0 Å². The molecule has 0 radical (unpaired) electrons. The number of hydrogen-bond acceptors (Lipinski definition) is 3. The van der Waals surface area contributed by atoms with Crippen molar-refractivity contribution < 1.29 is 14.7 Å². The van der Waals surface area contributed by atoms with Crippen LogP contribution in [0.1, 0.15) is 17.3 Å². The summed E-state index contributed by atoms with van der Waals surface area (Å²) < 4.78 is 1.60. The van der Waals surface area contributed by atoms with Crippen LogP contribution in [0.2, 0.25) is 5.02 Å². The number of fused-ring (bicyclic) bond motifs is 1. The van der Waals surface area contributed by atoms with Crippen molar-refractivity contribution in [3.63, 3.8) is 0 Å². The van der Waals surface area contributed by atoms with Crippen LogP contribution in [0.3, 0.4) is 0 Å². The largest absolute Gasteiger partial charge is 0.480 e. The third-order valence-corrected chi connectivity index (χ3v) is 3.77. The van der Waals surface area contributed by atoms with Crippen molar-refractivity contribution >= 4 is 34.4 Å². The maximum absolute atomic E-state index is 11.5. The molecular weight excluding hydrogens is 316 g/mol. The highest BCUT2D eigenvalue weighted by Crippen LogP contribution is 2.27. The number of halogens is 1. The first kappa shape index (κ1) is 15.2. The van der Waals surface area contributed by atoms with Crippen LogP contribution in [0.25, 0.3) is 22.4 Å². The molecule has 0 atom stereocenters. The van der Waals surface area contributed by atoms with Gasteiger partial charge in [-0.05, 0) is 37.3 Å². The second-order valence-electron chi connectivity index (χ2n) is 5.19. The molecule has 0 spiro atoms. The van der Waals surface area contributed by atoms with E-state index in [0.29, 0.717) is 27.4 Å². The first-order chi connectivity index (χ1) is 11.0. The van der Waals surface area contributed by atoms with Gasteiger partial charge in [-0.25, -0.2) is 4.98 Å². The van der Waals surface area contributed by atoms with E-state index in [-0.39, 0.29) is 12.3 Å². The number of nitrogens with zero attached hydrogens (tertiary/aromatic N) is 2. The van der Waals surface area contributed by atoms with E-state index >= 15 is 0 Å². The normalized spacial score (nSPS) is 10.9. The predicted octanol–water partition coefficient (Wildman–Crippen LogP) is 3.64. The Morgan fingerprint density at radius 3 is 2.65 bits per heavy atom. The number of Topliss-reactive ketones (excluding diaryl/α,β-unsaturated/α-hetero) is 1. The van der Waals surface area contributed by atoms with Crippen LogP contribution in [0.15, 0.2) is 42.5 Å². The average Bonchev–Trinajstić information content (AvgIpc) is 2.84. The number of hydrogen-bond donors (Lipinski definition) is 1. The molecule has 0 saturated carbocycles. The number of carboxylic acids is 1. The lowest BCUT2D eigenvalue weighted by atomic mass is 10.1. The Kier molecular flexibility index (Phi) is 3.88. The molecule has 0 unspecified atom stereocenters. The van der Waals surface area contributed by atoms with Crippen molar-refractivity contribution in [2.45, 2.75) is 13.5 Å². The average molecular weight is 329 g/mol. The number of aliphatic carboxylic acids is 1. The highest BCUT2D eigenvalue weighted by molar-refractivity contribution is 6.30. The van der Waals surface area contributed by atoms with Crippen LogP contribution in [0, 0.1) is 0 Å². The van der Waals surface area contributed by atoms with Gasteiger partial charge in [0.1, 0.15) is 12.4 Å². The third kappa shape index (κ3) is 2.96. The molecule has 3 aromatic rings. The second kappa shape index (κ2) is 5.85. The Labute approximate surface area is 137 Å². The maximum atomic E-state index is 11.5. The summed E-state index contributed by atoms with van der Waals surface area (Å²) in [7, 11) is 0. The molecule has 0 aliphatic heterocycles. The SMILES string of the molecule is CC(=O)c1ccc2c(c1)nc(-c1cccc(Cl)c1)n2CC(=O)O. The minimum absolute atomic E-state index is 0.0657. The summed E-state index contributed by atoms with van der Waals surface area (Å²) in [4.78, 5) is 27.2. The molecule has 1 heterocycles. The van der Waals surface area contributed by atoms with E-state index in [2.05, 4.69) is 4.98 Å². The van der Waals surface area contributed by atoms with Gasteiger partial charge in [0.2, 0.25) is 0 Å². The summed E-state index contributed by atoms with van der Waals surface area (Å²) in [6.07, 6.45) is 0. The van der Waals surface area contributed by atoms with Crippen molar-refractivity contribution in [2.24, 2.45) is 0 Å². The predicted molar refractivity (Wildman–Crippen MR) is 87.8 cm³/mol. The standard InChI is InChI=1S/C17H13ClN2O3/c1-10(21)11-5-6-15-14(8-11)19-17(20(15)9-16(22)23)12-3-2-4-13(18)7-12/h2-8H,9H2,1H3,(H,22,23). The Morgan fingerprint density at radius 1 is 1.22 bits per heavy atom. The molecule has 116 valence electrons. The highest BCUT2D eigenvalue weighted by atomic mass is 35.5. The first-order valence-corrected chi connectivity index (χ1v) is 7.32. The molecule has 0 amide bonds. The van der Waals surface area contributed by atoms with E-state index in [9.17, 15) is 14.7 Å². The van der Waals surface area contributed by atoms with Crippen LogP contribution in [-0.2, 0) is 11.3 Å². The molecule has 6 heteroatoms. The summed E-state index contributed by atoms with van der Waals surface area (Å²) in [5.74, 6) is -0.530. The Morgan fingerprint density at radius 2 is 2.00 bits per heavy atom. The fourth-order valence-corrected chi connectivity index (χ4v) is 2.68. The minimum Gasteiger partial charge on any atom is -0.480 e. The molecule has 0 bridgehead atoms. The van der Waals surface area contributed by atoms with E-state index in [1.807, 2.05) is 6.07 Å². The summed E-state index contributed by atoms with van der Waals surface area (Å²) in [6.45, 7) is 1.26. The lowest BCUT2D eigenvalue weighted by molar-refractivity contribution is -0.137. The van der Waals surface area contributed by atoms with Crippen molar-refractivity contribution in [3.8, 4) is 11.4 Å². The number of aromatic nitrogens is 2. The van der Waals surface area contributed by atoms with Crippen LogP contribution in [0.5, 0.6) is 0 Å². The van der Waals surface area contributed by atoms with Crippen LogP contribution in [0.4, 0.5) is 0 Å². The smallest absolute Gasteiger partial charge is 0.323 e. The molecule has 0 aliphatic rings. The fourth-order valence-electron chi connectivity index (χ4n) is 2.49. The van der Waals surface area contributed by atoms with Gasteiger partial charge in [-0.1, -0.05) is 23.7 Å². The molecule has 2 aromatic carbocycles. The number of imidazole rings is 1. The zero-order chi connectivity index (χ0) is 16.6. The monoisotopic (exact) mass is 328 g/mol. The Bertz CT molecular complexity index is 931. The van der Waals surface area contributed by atoms with E-state index in [0.717, 1.165) is 5.56 Å². The summed E-state index contributed by atoms with van der Waals surface area (Å²) in [6, 6.07) is 12.1. The van der Waals surface area contributed by atoms with Crippen molar-refractivity contribution in [3.05, 3.63) is 53.1 Å². The second-order valence-corrected chi connectivity index (χ2v) is 5.62. The van der Waals surface area contributed by atoms with E-state index in [1.165, 1.54) is 6.92 Å². The fraction of sp³-hybridized carbons (Fsp3) is 0.118. The number of carbonyl (C=O) groups is 2. The lowest BCUT2D eigenvalue weighted by Gasteiger charge is -2.07. The van der Waals surface area contributed by atoms with Gasteiger partial charge in [0, 0.05) is 16.1 Å². The molecule has 0 aliphatic carbocycles. The summed E-state index contributed by atoms with van der Waals surface area (Å²) in [5.41, 5.74) is 2.50. The van der Waals surface area contributed by atoms with E-state index in [4.69, 9.17) is 11.6 Å². The van der Waals surface area contributed by atoms with Crippen LogP contribution < -0.4 is 0 Å². The van der Waals surface area contributed by atoms with E-state index < -0.39 is 5.97 Å². The van der Waals surface area contributed by atoms with Gasteiger partial charge >= 0.3 is 5.97 Å². The maximum Gasteiger partial charge on any atom is 0.323 e. The van der Waals surface area contributed by atoms with Gasteiger partial charge in [0.15, 0.2) is 5.78 Å². The zero-order valence-electron chi connectivity index (χ0n) is 12.3. The number of benzene rings is 2. The molecule has 1 N–H and O–H groups in total. The van der Waals surface area contributed by atoms with Crippen LogP contribution in [-0.4, -0.2) is 26.4 Å². The lowest BCUT2D eigenvalue weighted by Crippen LogP contribution is -2.10. The van der Waals surface area contributed by atoms with Crippen molar-refractivity contribution in [2.75, 3.05) is 0 Å². The van der Waals surface area contributed by atoms with Gasteiger partial charge in [-0.15, -0.1) is 0 Å². The molecule has 0 fully saturated rings. The Balaban J connectivity index is 2.26. The highest BCUT2D eigenvalue weighted by Gasteiger charge is 2.16. The third-order valence-electron chi connectivity index (χ3n) is 3.53. The van der Waals surface area contributed by atoms with Gasteiger partial charge in [-0.2, -0.15) is 0 Å². The molecule has 0 saturated heterocycles. The summed E-state index contributed by atoms with van der Waals surface area (Å²) >= 11 is 6.02. The van der Waals surface area contributed by atoms with Gasteiger partial charge in [-0.3, -0.25) is 9.59 Å². The summed E-state index contributed by atoms with van der Waals surface area (Å²) in [5, 5.41) is 9.73. The van der Waals surface area contributed by atoms with Gasteiger partial charge in [0.25, 0.3) is 0 Å². The Hall–Kier alpha value is -2.66. The van der Waals surface area contributed by atoms with Crippen LogP contribution >= 0.6 is 11.6 Å². The van der Waals surface area contributed by atoms with Crippen molar-refractivity contribution in [1.82, 2.24) is 9.55 Å². The van der Waals surface area contributed by atoms with E-state index in [1.54, 1.807) is 41.0 Å². The minimum atomic E-state index is -0.969. The topological polar surface area (TPSA) is 72.2 Å². The molecule has 23 heavy (non-hydrogen) atoms. The number of carboxylic acid groups (broad SMARTS) is 1. The quantitative estimate of drug-likeness (QED) is 0.742. The molecule has 3 rings (SSSR count).